The molecule has 2 aromatic rings. The highest BCUT2D eigenvalue weighted by molar-refractivity contribution is 7.80. The fraction of sp³-hybridized carbons (Fsp3) is 0.389. The minimum Gasteiger partial charge on any atom is -0.383 e. The second kappa shape index (κ2) is 8.43. The van der Waals surface area contributed by atoms with E-state index in [0.29, 0.717) is 6.61 Å². The predicted molar refractivity (Wildman–Crippen MR) is 103 cm³/mol. The molecule has 1 N–H and O–H groups in total. The molecule has 1 atom stereocenters. The molecule has 124 valence electrons. The topological polar surface area (TPSA) is 24.5 Å². The van der Waals surface area contributed by atoms with Gasteiger partial charge in [-0.2, -0.15) is 0 Å². The van der Waals surface area contributed by atoms with Gasteiger partial charge in [-0.15, -0.1) is 11.3 Å². The van der Waals surface area contributed by atoms with E-state index in [0.717, 1.165) is 17.3 Å². The van der Waals surface area contributed by atoms with Gasteiger partial charge in [0.1, 0.15) is 0 Å². The number of thiocarbonyl (C=S) groups is 1. The molecule has 0 bridgehead atoms. The first-order valence-electron chi connectivity index (χ1n) is 7.70. The van der Waals surface area contributed by atoms with Crippen LogP contribution in [0, 0.1) is 13.8 Å². The zero-order valence-electron chi connectivity index (χ0n) is 14.1. The second-order valence-electron chi connectivity index (χ2n) is 5.63. The summed E-state index contributed by atoms with van der Waals surface area (Å²) in [6.45, 7) is 7.77. The Hall–Kier alpha value is -1.43. The molecule has 0 saturated heterocycles. The Kier molecular flexibility index (Phi) is 6.57. The van der Waals surface area contributed by atoms with Crippen molar-refractivity contribution in [3.05, 3.63) is 51.7 Å². The van der Waals surface area contributed by atoms with Crippen LogP contribution < -0.4 is 5.32 Å². The number of nitrogens with zero attached hydrogens (tertiary/aromatic N) is 1. The lowest BCUT2D eigenvalue weighted by Gasteiger charge is -2.31. The van der Waals surface area contributed by atoms with Gasteiger partial charge >= 0.3 is 0 Å². The maximum Gasteiger partial charge on any atom is 0.174 e. The maximum atomic E-state index is 5.68. The molecule has 1 heterocycles. The lowest BCUT2D eigenvalue weighted by atomic mass is 10.1. The Morgan fingerprint density at radius 2 is 2.13 bits per heavy atom. The quantitative estimate of drug-likeness (QED) is 0.760. The standard InChI is InChI=1S/C18H24N2OS2/c1-13-7-8-16(14(2)12-13)19-18(22)20(9-10-21-4)15(3)17-6-5-11-23-17/h5-8,11-12,15H,9-10H2,1-4H3,(H,19,22)/t15-/m0/s1. The third-order valence-corrected chi connectivity index (χ3v) is 5.22. The predicted octanol–water partition coefficient (Wildman–Crippen LogP) is 4.77. The molecule has 0 saturated carbocycles. The van der Waals surface area contributed by atoms with Crippen molar-refractivity contribution in [1.82, 2.24) is 4.90 Å². The summed E-state index contributed by atoms with van der Waals surface area (Å²) in [6, 6.07) is 10.8. The van der Waals surface area contributed by atoms with Gasteiger partial charge in [0.2, 0.25) is 0 Å². The van der Waals surface area contributed by atoms with E-state index in [1.807, 2.05) is 0 Å². The molecule has 0 unspecified atom stereocenters. The maximum absolute atomic E-state index is 5.68. The van der Waals surface area contributed by atoms with Crippen LogP contribution in [0.2, 0.25) is 0 Å². The Morgan fingerprint density at radius 1 is 1.35 bits per heavy atom. The number of anilines is 1. The van der Waals surface area contributed by atoms with Gasteiger partial charge in [0.25, 0.3) is 0 Å². The number of rotatable bonds is 6. The number of nitrogens with one attached hydrogen (secondary N) is 1. The van der Waals surface area contributed by atoms with E-state index in [4.69, 9.17) is 17.0 Å². The smallest absolute Gasteiger partial charge is 0.174 e. The Morgan fingerprint density at radius 3 is 2.74 bits per heavy atom. The molecule has 5 heteroatoms. The molecular formula is C18H24N2OS2. The van der Waals surface area contributed by atoms with Crippen LogP contribution in [0.5, 0.6) is 0 Å². The van der Waals surface area contributed by atoms with E-state index in [1.165, 1.54) is 16.0 Å². The van der Waals surface area contributed by atoms with Crippen LogP contribution in [0.3, 0.4) is 0 Å². The summed E-state index contributed by atoms with van der Waals surface area (Å²) in [6.07, 6.45) is 0. The average Bonchev–Trinajstić information content (AvgIpc) is 3.04. The molecule has 0 amide bonds. The second-order valence-corrected chi connectivity index (χ2v) is 6.99. The number of aryl methyl sites for hydroxylation is 2. The van der Waals surface area contributed by atoms with Gasteiger partial charge in [0, 0.05) is 24.2 Å². The zero-order chi connectivity index (χ0) is 16.8. The number of hydrogen-bond donors (Lipinski definition) is 1. The van der Waals surface area contributed by atoms with Crippen molar-refractivity contribution in [1.29, 1.82) is 0 Å². The molecule has 0 aliphatic rings. The van der Waals surface area contributed by atoms with Crippen LogP contribution in [-0.4, -0.2) is 30.3 Å². The summed E-state index contributed by atoms with van der Waals surface area (Å²) in [7, 11) is 1.72. The molecule has 0 fully saturated rings. The van der Waals surface area contributed by atoms with Crippen molar-refractivity contribution in [2.45, 2.75) is 26.8 Å². The molecule has 0 radical (unpaired) electrons. The Bertz CT molecular complexity index is 640. The summed E-state index contributed by atoms with van der Waals surface area (Å²) < 4.78 is 5.25. The van der Waals surface area contributed by atoms with E-state index >= 15 is 0 Å². The van der Waals surface area contributed by atoms with Crippen molar-refractivity contribution in [2.24, 2.45) is 0 Å². The SMILES string of the molecule is COCCN(C(=S)Nc1ccc(C)cc1C)[C@@H](C)c1cccs1. The molecule has 0 spiro atoms. The summed E-state index contributed by atoms with van der Waals surface area (Å²) in [5.74, 6) is 0. The minimum absolute atomic E-state index is 0.218. The van der Waals surface area contributed by atoms with Crippen molar-refractivity contribution in [2.75, 3.05) is 25.6 Å². The van der Waals surface area contributed by atoms with E-state index in [9.17, 15) is 0 Å². The van der Waals surface area contributed by atoms with Crippen molar-refractivity contribution in [3.8, 4) is 0 Å². The van der Waals surface area contributed by atoms with Gasteiger partial charge in [-0.05, 0) is 56.1 Å². The highest BCUT2D eigenvalue weighted by atomic mass is 32.1. The van der Waals surface area contributed by atoms with Gasteiger partial charge in [0.05, 0.1) is 12.6 Å². The summed E-state index contributed by atoms with van der Waals surface area (Å²) in [4.78, 5) is 3.48. The lowest BCUT2D eigenvalue weighted by Crippen LogP contribution is -2.39. The van der Waals surface area contributed by atoms with E-state index in [2.05, 4.69) is 66.7 Å². The number of thiophene rings is 1. The fourth-order valence-electron chi connectivity index (χ4n) is 2.48. The number of hydrogen-bond acceptors (Lipinski definition) is 3. The number of benzene rings is 1. The molecule has 3 nitrogen and oxygen atoms in total. The lowest BCUT2D eigenvalue weighted by molar-refractivity contribution is 0.166. The van der Waals surface area contributed by atoms with E-state index in [1.54, 1.807) is 18.4 Å². The summed E-state index contributed by atoms with van der Waals surface area (Å²) in [5.41, 5.74) is 3.51. The Balaban J connectivity index is 2.15. The molecule has 23 heavy (non-hydrogen) atoms. The highest BCUT2D eigenvalue weighted by Gasteiger charge is 2.19. The summed E-state index contributed by atoms with van der Waals surface area (Å²) in [5, 5.41) is 6.23. The molecule has 1 aromatic heterocycles. The van der Waals surface area contributed by atoms with Crippen LogP contribution in [0.25, 0.3) is 0 Å². The van der Waals surface area contributed by atoms with E-state index < -0.39 is 0 Å². The number of ether oxygens (including phenoxy) is 1. The minimum atomic E-state index is 0.218. The first-order valence-corrected chi connectivity index (χ1v) is 8.99. The van der Waals surface area contributed by atoms with Crippen LogP contribution in [-0.2, 0) is 4.74 Å². The number of methoxy groups -OCH3 is 1. The van der Waals surface area contributed by atoms with Crippen LogP contribution in [0.4, 0.5) is 5.69 Å². The molecular weight excluding hydrogens is 324 g/mol. The average molecular weight is 349 g/mol. The molecule has 2 rings (SSSR count). The van der Waals surface area contributed by atoms with Crippen LogP contribution in [0.1, 0.15) is 29.0 Å². The van der Waals surface area contributed by atoms with Crippen molar-refractivity contribution in [3.63, 3.8) is 0 Å². The third kappa shape index (κ3) is 4.77. The largest absolute Gasteiger partial charge is 0.383 e. The zero-order valence-corrected chi connectivity index (χ0v) is 15.8. The van der Waals surface area contributed by atoms with Gasteiger partial charge in [-0.1, -0.05) is 23.8 Å². The fourth-order valence-corrected chi connectivity index (χ4v) is 3.64. The van der Waals surface area contributed by atoms with Crippen LogP contribution in [0.15, 0.2) is 35.7 Å². The van der Waals surface area contributed by atoms with Gasteiger partial charge < -0.3 is 15.0 Å². The van der Waals surface area contributed by atoms with Gasteiger partial charge in [0.15, 0.2) is 5.11 Å². The monoisotopic (exact) mass is 348 g/mol. The third-order valence-electron chi connectivity index (χ3n) is 3.84. The molecule has 0 aliphatic carbocycles. The molecule has 1 aromatic carbocycles. The van der Waals surface area contributed by atoms with Crippen molar-refractivity contribution < 1.29 is 4.74 Å². The Labute approximate surface area is 148 Å². The highest BCUT2D eigenvalue weighted by Crippen LogP contribution is 2.26. The molecule has 0 aliphatic heterocycles. The first-order chi connectivity index (χ1) is 11.0. The van der Waals surface area contributed by atoms with Crippen LogP contribution >= 0.6 is 23.6 Å². The van der Waals surface area contributed by atoms with Crippen molar-refractivity contribution >= 4 is 34.4 Å². The first kappa shape index (κ1) is 17.9. The van der Waals surface area contributed by atoms with E-state index in [-0.39, 0.29) is 6.04 Å². The van der Waals surface area contributed by atoms with Gasteiger partial charge in [-0.3, -0.25) is 0 Å². The summed E-state index contributed by atoms with van der Waals surface area (Å²) >= 11 is 7.43. The van der Waals surface area contributed by atoms with Gasteiger partial charge in [-0.25, -0.2) is 0 Å². The normalized spacial score (nSPS) is 12.0.